The Bertz CT molecular complexity index is 432. The molecule has 1 rings (SSSR count). The number of nitrogens with zero attached hydrogens (tertiary/aromatic N) is 2. The third-order valence-corrected chi connectivity index (χ3v) is 2.14. The number of carboxylic acid groups (broad SMARTS) is 1. The monoisotopic (exact) mass is 270 g/mol. The molecule has 1 aromatic heterocycles. The minimum atomic E-state index is -0.996. The van der Waals surface area contributed by atoms with Gasteiger partial charge in [0.05, 0.1) is 24.5 Å². The topological polar surface area (TPSA) is 105 Å². The van der Waals surface area contributed by atoms with Gasteiger partial charge in [-0.1, -0.05) is 0 Å². The molecule has 0 spiro atoms. The number of urea groups is 1. The predicted molar refractivity (Wildman–Crippen MR) is 68.0 cm³/mol. The average molecular weight is 270 g/mol. The smallest absolute Gasteiger partial charge is 0.325 e. The number of hydrogen-bond donors (Lipinski definition) is 3. The SMILES string of the molecule is CCOCC(C)NC(=O)Nc1cnn(CC(=O)O)c1. The molecule has 0 aromatic carbocycles. The number of carbonyl (C=O) groups excluding carboxylic acids is 1. The Hall–Kier alpha value is -2.09. The van der Waals surface area contributed by atoms with Gasteiger partial charge in [0, 0.05) is 12.8 Å². The number of amides is 2. The molecule has 0 saturated heterocycles. The number of hydrogen-bond acceptors (Lipinski definition) is 4. The first-order chi connectivity index (χ1) is 9.01. The Morgan fingerprint density at radius 1 is 1.58 bits per heavy atom. The van der Waals surface area contributed by atoms with Crippen molar-refractivity contribution in [3.05, 3.63) is 12.4 Å². The maximum Gasteiger partial charge on any atom is 0.325 e. The number of carboxylic acids is 1. The highest BCUT2D eigenvalue weighted by molar-refractivity contribution is 5.89. The summed E-state index contributed by atoms with van der Waals surface area (Å²) < 4.78 is 6.39. The van der Waals surface area contributed by atoms with Crippen LogP contribution in [0.3, 0.4) is 0 Å². The average Bonchev–Trinajstić information content (AvgIpc) is 2.72. The van der Waals surface area contributed by atoms with Crippen molar-refractivity contribution in [1.82, 2.24) is 15.1 Å². The highest BCUT2D eigenvalue weighted by Crippen LogP contribution is 2.04. The molecule has 8 heteroatoms. The lowest BCUT2D eigenvalue weighted by Gasteiger charge is -2.13. The minimum absolute atomic E-state index is 0.117. The van der Waals surface area contributed by atoms with E-state index in [9.17, 15) is 9.59 Å². The molecule has 3 N–H and O–H groups in total. The Kier molecular flexibility index (Phi) is 5.80. The lowest BCUT2D eigenvalue weighted by Crippen LogP contribution is -2.38. The van der Waals surface area contributed by atoms with Crippen LogP contribution in [0.4, 0.5) is 10.5 Å². The van der Waals surface area contributed by atoms with Gasteiger partial charge in [0.1, 0.15) is 6.54 Å². The van der Waals surface area contributed by atoms with E-state index in [1.54, 1.807) is 0 Å². The van der Waals surface area contributed by atoms with E-state index in [1.165, 1.54) is 17.1 Å². The first kappa shape index (κ1) is 15.0. The van der Waals surface area contributed by atoms with E-state index in [4.69, 9.17) is 9.84 Å². The summed E-state index contributed by atoms with van der Waals surface area (Å²) in [5, 5.41) is 17.6. The second kappa shape index (κ2) is 7.37. The third kappa shape index (κ3) is 5.87. The molecule has 2 amide bonds. The summed E-state index contributed by atoms with van der Waals surface area (Å²) in [4.78, 5) is 22.1. The van der Waals surface area contributed by atoms with Crippen molar-refractivity contribution in [2.24, 2.45) is 0 Å². The maximum atomic E-state index is 11.6. The Morgan fingerprint density at radius 3 is 2.95 bits per heavy atom. The fraction of sp³-hybridized carbons (Fsp3) is 0.545. The van der Waals surface area contributed by atoms with Gasteiger partial charge in [-0.15, -0.1) is 0 Å². The summed E-state index contributed by atoms with van der Waals surface area (Å²) in [6, 6.07) is -0.504. The second-order valence-electron chi connectivity index (χ2n) is 3.98. The van der Waals surface area contributed by atoms with Crippen LogP contribution >= 0.6 is 0 Å². The normalized spacial score (nSPS) is 11.9. The van der Waals surface area contributed by atoms with Gasteiger partial charge in [-0.25, -0.2) is 4.79 Å². The number of anilines is 1. The standard InChI is InChI=1S/C11H18N4O4/c1-3-19-7-8(2)13-11(18)14-9-4-12-15(5-9)6-10(16)17/h4-5,8H,3,6-7H2,1-2H3,(H,16,17)(H2,13,14,18). The first-order valence-corrected chi connectivity index (χ1v) is 5.90. The molecular weight excluding hydrogens is 252 g/mol. The Morgan fingerprint density at radius 2 is 2.32 bits per heavy atom. The number of rotatable bonds is 7. The Labute approximate surface area is 110 Å². The van der Waals surface area contributed by atoms with Crippen LogP contribution in [0, 0.1) is 0 Å². The van der Waals surface area contributed by atoms with Crippen LogP contribution in [0.1, 0.15) is 13.8 Å². The molecule has 1 atom stereocenters. The van der Waals surface area contributed by atoms with Gasteiger partial charge < -0.3 is 20.5 Å². The van der Waals surface area contributed by atoms with E-state index in [2.05, 4.69) is 15.7 Å². The molecular formula is C11H18N4O4. The van der Waals surface area contributed by atoms with Crippen LogP contribution in [-0.2, 0) is 16.1 Å². The van der Waals surface area contributed by atoms with Crippen molar-refractivity contribution >= 4 is 17.7 Å². The zero-order valence-electron chi connectivity index (χ0n) is 10.9. The van der Waals surface area contributed by atoms with Crippen molar-refractivity contribution in [3.63, 3.8) is 0 Å². The van der Waals surface area contributed by atoms with Gasteiger partial charge in [0.25, 0.3) is 0 Å². The molecule has 0 saturated carbocycles. The van der Waals surface area contributed by atoms with Crippen LogP contribution in [0.25, 0.3) is 0 Å². The fourth-order valence-electron chi connectivity index (χ4n) is 1.38. The second-order valence-corrected chi connectivity index (χ2v) is 3.98. The summed E-state index contributed by atoms with van der Waals surface area (Å²) in [5.41, 5.74) is 0.433. The van der Waals surface area contributed by atoms with Gasteiger partial charge >= 0.3 is 12.0 Å². The highest BCUT2D eigenvalue weighted by Gasteiger charge is 2.09. The summed E-state index contributed by atoms with van der Waals surface area (Å²) in [6.07, 6.45) is 2.83. The first-order valence-electron chi connectivity index (χ1n) is 5.90. The minimum Gasteiger partial charge on any atom is -0.480 e. The van der Waals surface area contributed by atoms with E-state index in [1.807, 2.05) is 13.8 Å². The third-order valence-electron chi connectivity index (χ3n) is 2.14. The molecule has 1 heterocycles. The molecule has 0 aliphatic carbocycles. The van der Waals surface area contributed by atoms with Gasteiger partial charge in [-0.05, 0) is 13.8 Å². The predicted octanol–water partition coefficient (Wildman–Crippen LogP) is 0.514. The van der Waals surface area contributed by atoms with Crippen molar-refractivity contribution in [1.29, 1.82) is 0 Å². The quantitative estimate of drug-likeness (QED) is 0.669. The summed E-state index contributed by atoms with van der Waals surface area (Å²) >= 11 is 0. The van der Waals surface area contributed by atoms with Gasteiger partial charge in [0.2, 0.25) is 0 Å². The van der Waals surface area contributed by atoms with Gasteiger partial charge in [-0.2, -0.15) is 5.10 Å². The summed E-state index contributed by atoms with van der Waals surface area (Å²) in [6.45, 7) is 4.48. The van der Waals surface area contributed by atoms with E-state index in [0.29, 0.717) is 18.9 Å². The number of ether oxygens (including phenoxy) is 1. The molecule has 106 valence electrons. The van der Waals surface area contributed by atoms with Crippen molar-refractivity contribution < 1.29 is 19.4 Å². The fourth-order valence-corrected chi connectivity index (χ4v) is 1.38. The Balaban J connectivity index is 2.39. The maximum absolute atomic E-state index is 11.6. The van der Waals surface area contributed by atoms with Crippen molar-refractivity contribution in [2.75, 3.05) is 18.5 Å². The molecule has 0 aliphatic rings. The number of carbonyl (C=O) groups is 2. The number of nitrogens with one attached hydrogen (secondary N) is 2. The zero-order chi connectivity index (χ0) is 14.3. The highest BCUT2D eigenvalue weighted by atomic mass is 16.5. The van der Waals surface area contributed by atoms with E-state index in [0.717, 1.165) is 0 Å². The van der Waals surface area contributed by atoms with Gasteiger partial charge in [-0.3, -0.25) is 9.48 Å². The van der Waals surface area contributed by atoms with Crippen molar-refractivity contribution in [2.45, 2.75) is 26.4 Å². The van der Waals surface area contributed by atoms with Gasteiger partial charge in [0.15, 0.2) is 0 Å². The molecule has 0 fully saturated rings. The van der Waals surface area contributed by atoms with Crippen molar-refractivity contribution in [3.8, 4) is 0 Å². The van der Waals surface area contributed by atoms with E-state index in [-0.39, 0.29) is 18.6 Å². The molecule has 0 bridgehead atoms. The molecule has 19 heavy (non-hydrogen) atoms. The zero-order valence-corrected chi connectivity index (χ0v) is 10.9. The lowest BCUT2D eigenvalue weighted by molar-refractivity contribution is -0.137. The molecule has 0 aliphatic heterocycles. The number of aliphatic carboxylic acids is 1. The largest absolute Gasteiger partial charge is 0.480 e. The lowest BCUT2D eigenvalue weighted by atomic mass is 10.4. The van der Waals surface area contributed by atoms with Crippen LogP contribution in [0.5, 0.6) is 0 Å². The van der Waals surface area contributed by atoms with Crippen LogP contribution in [0.2, 0.25) is 0 Å². The van der Waals surface area contributed by atoms with Crippen LogP contribution in [0.15, 0.2) is 12.4 Å². The summed E-state index contributed by atoms with van der Waals surface area (Å²) in [7, 11) is 0. The van der Waals surface area contributed by atoms with Crippen LogP contribution in [-0.4, -0.2) is 46.1 Å². The molecule has 8 nitrogen and oxygen atoms in total. The molecule has 1 unspecified atom stereocenters. The summed E-state index contributed by atoms with van der Waals surface area (Å²) in [5.74, 6) is -0.996. The number of aromatic nitrogens is 2. The van der Waals surface area contributed by atoms with E-state index >= 15 is 0 Å². The van der Waals surface area contributed by atoms with Crippen LogP contribution < -0.4 is 10.6 Å². The van der Waals surface area contributed by atoms with E-state index < -0.39 is 5.97 Å². The molecule has 0 radical (unpaired) electrons. The molecule has 1 aromatic rings.